The van der Waals surface area contributed by atoms with Crippen molar-refractivity contribution >= 4 is 11.6 Å². The smallest absolute Gasteiger partial charge is 0.237 e. The molecule has 0 saturated heterocycles. The van der Waals surface area contributed by atoms with E-state index in [1.807, 2.05) is 6.07 Å². The molecule has 0 aromatic carbocycles. The van der Waals surface area contributed by atoms with Crippen molar-refractivity contribution in [3.05, 3.63) is 18.3 Å². The first-order chi connectivity index (χ1) is 11.7. The molecule has 0 bridgehead atoms. The van der Waals surface area contributed by atoms with Crippen LogP contribution in [0, 0.1) is 11.8 Å². The van der Waals surface area contributed by atoms with Gasteiger partial charge in [0.1, 0.15) is 12.3 Å². The number of rotatable bonds is 9. The first-order valence-corrected chi connectivity index (χ1v) is 9.12. The Morgan fingerprint density at radius 2 is 2.08 bits per heavy atom. The third-order valence-electron chi connectivity index (χ3n) is 4.74. The van der Waals surface area contributed by atoms with Crippen LogP contribution in [-0.4, -0.2) is 31.2 Å². The van der Waals surface area contributed by atoms with Gasteiger partial charge in [0.2, 0.25) is 11.8 Å². The molecule has 0 unspecified atom stereocenters. The van der Waals surface area contributed by atoms with Crippen LogP contribution in [0.1, 0.15) is 51.9 Å². The average molecular weight is 334 g/mol. The Morgan fingerprint density at radius 1 is 1.29 bits per heavy atom. The number of nitrogens with one attached hydrogen (secondary N) is 1. The van der Waals surface area contributed by atoms with Crippen LogP contribution in [0.3, 0.4) is 0 Å². The zero-order chi connectivity index (χ0) is 17.2. The van der Waals surface area contributed by atoms with Crippen LogP contribution < -0.4 is 10.1 Å². The van der Waals surface area contributed by atoms with Crippen LogP contribution in [-0.2, 0) is 9.53 Å². The third kappa shape index (κ3) is 5.78. The second-order valence-electron chi connectivity index (χ2n) is 6.55. The van der Waals surface area contributed by atoms with Gasteiger partial charge in [0, 0.05) is 19.2 Å². The summed E-state index contributed by atoms with van der Waals surface area (Å²) in [6.07, 6.45) is 9.85. The van der Waals surface area contributed by atoms with E-state index in [-0.39, 0.29) is 11.8 Å². The lowest BCUT2D eigenvalue weighted by Gasteiger charge is -2.27. The standard InChI is InChI=1S/C19H30N2O3/c1-3-4-6-15-8-10-16(11-9-15)18(22)21-17-7-5-12-20-19(17)24-14-13-23-2/h5,7,12,15-16H,3-4,6,8-11,13-14H2,1-2H3,(H,21,22). The fourth-order valence-electron chi connectivity index (χ4n) is 3.26. The van der Waals surface area contributed by atoms with Gasteiger partial charge in [0.05, 0.1) is 6.61 Å². The monoisotopic (exact) mass is 334 g/mol. The number of carbonyl (C=O) groups is 1. The predicted octanol–water partition coefficient (Wildman–Crippen LogP) is 4.04. The van der Waals surface area contributed by atoms with Crippen molar-refractivity contribution in [2.45, 2.75) is 51.9 Å². The zero-order valence-corrected chi connectivity index (χ0v) is 14.9. The minimum Gasteiger partial charge on any atom is -0.474 e. The van der Waals surface area contributed by atoms with Crippen molar-refractivity contribution in [3.8, 4) is 5.88 Å². The van der Waals surface area contributed by atoms with Crippen molar-refractivity contribution < 1.29 is 14.3 Å². The van der Waals surface area contributed by atoms with E-state index in [4.69, 9.17) is 9.47 Å². The van der Waals surface area contributed by atoms with E-state index in [0.29, 0.717) is 24.8 Å². The van der Waals surface area contributed by atoms with Crippen molar-refractivity contribution in [2.75, 3.05) is 25.6 Å². The van der Waals surface area contributed by atoms with Crippen LogP contribution in [0.4, 0.5) is 5.69 Å². The van der Waals surface area contributed by atoms with E-state index < -0.39 is 0 Å². The lowest BCUT2D eigenvalue weighted by Crippen LogP contribution is -2.27. The Hall–Kier alpha value is -1.62. The van der Waals surface area contributed by atoms with Gasteiger partial charge in [0.15, 0.2) is 0 Å². The van der Waals surface area contributed by atoms with E-state index in [0.717, 1.165) is 18.8 Å². The molecule has 1 saturated carbocycles. The normalized spacial score (nSPS) is 20.6. The van der Waals surface area contributed by atoms with Gasteiger partial charge in [-0.1, -0.05) is 26.2 Å². The molecule has 0 atom stereocenters. The highest BCUT2D eigenvalue weighted by atomic mass is 16.5. The molecular weight excluding hydrogens is 304 g/mol. The highest BCUT2D eigenvalue weighted by Gasteiger charge is 2.26. The Morgan fingerprint density at radius 3 is 2.79 bits per heavy atom. The number of hydrogen-bond donors (Lipinski definition) is 1. The summed E-state index contributed by atoms with van der Waals surface area (Å²) in [6, 6.07) is 3.64. The number of aromatic nitrogens is 1. The van der Waals surface area contributed by atoms with Crippen molar-refractivity contribution in [3.63, 3.8) is 0 Å². The highest BCUT2D eigenvalue weighted by Crippen LogP contribution is 2.33. The topological polar surface area (TPSA) is 60.5 Å². The first kappa shape index (κ1) is 18.7. The summed E-state index contributed by atoms with van der Waals surface area (Å²) in [4.78, 5) is 16.8. The first-order valence-electron chi connectivity index (χ1n) is 9.12. The average Bonchev–Trinajstić information content (AvgIpc) is 2.62. The molecule has 2 rings (SSSR count). The predicted molar refractivity (Wildman–Crippen MR) is 95.2 cm³/mol. The zero-order valence-electron chi connectivity index (χ0n) is 14.9. The molecule has 1 amide bonds. The summed E-state index contributed by atoms with van der Waals surface area (Å²) < 4.78 is 10.6. The largest absolute Gasteiger partial charge is 0.474 e. The number of ether oxygens (including phenoxy) is 2. The highest BCUT2D eigenvalue weighted by molar-refractivity contribution is 5.93. The second-order valence-corrected chi connectivity index (χ2v) is 6.55. The molecular formula is C19H30N2O3. The van der Waals surface area contributed by atoms with Crippen molar-refractivity contribution in [1.29, 1.82) is 0 Å². The Balaban J connectivity index is 1.84. The molecule has 1 fully saturated rings. The summed E-state index contributed by atoms with van der Waals surface area (Å²) in [5.41, 5.74) is 0.645. The summed E-state index contributed by atoms with van der Waals surface area (Å²) in [5, 5.41) is 3.00. The third-order valence-corrected chi connectivity index (χ3v) is 4.74. The molecule has 1 N–H and O–H groups in total. The fourth-order valence-corrected chi connectivity index (χ4v) is 3.26. The number of hydrogen-bond acceptors (Lipinski definition) is 4. The van der Waals surface area contributed by atoms with E-state index in [1.165, 1.54) is 32.1 Å². The lowest BCUT2D eigenvalue weighted by molar-refractivity contribution is -0.121. The van der Waals surface area contributed by atoms with E-state index in [1.54, 1.807) is 19.4 Å². The van der Waals surface area contributed by atoms with Crippen LogP contribution in [0.5, 0.6) is 5.88 Å². The van der Waals surface area contributed by atoms with Crippen LogP contribution in [0.15, 0.2) is 18.3 Å². The van der Waals surface area contributed by atoms with E-state index in [9.17, 15) is 4.79 Å². The van der Waals surface area contributed by atoms with E-state index in [2.05, 4.69) is 17.2 Å². The van der Waals surface area contributed by atoms with Gasteiger partial charge < -0.3 is 14.8 Å². The number of pyridine rings is 1. The molecule has 0 spiro atoms. The van der Waals surface area contributed by atoms with Gasteiger partial charge in [0.25, 0.3) is 0 Å². The minimum atomic E-state index is 0.0912. The number of amides is 1. The summed E-state index contributed by atoms with van der Waals surface area (Å²) in [7, 11) is 1.63. The fraction of sp³-hybridized carbons (Fsp3) is 0.684. The van der Waals surface area contributed by atoms with E-state index >= 15 is 0 Å². The molecule has 1 aromatic rings. The summed E-state index contributed by atoms with van der Waals surface area (Å²) in [6.45, 7) is 3.14. The molecule has 24 heavy (non-hydrogen) atoms. The van der Waals surface area contributed by atoms with Crippen molar-refractivity contribution in [2.24, 2.45) is 11.8 Å². The van der Waals surface area contributed by atoms with Gasteiger partial charge >= 0.3 is 0 Å². The Bertz CT molecular complexity index is 499. The number of nitrogens with zero attached hydrogens (tertiary/aromatic N) is 1. The quantitative estimate of drug-likeness (QED) is 0.692. The van der Waals surface area contributed by atoms with Crippen LogP contribution >= 0.6 is 0 Å². The van der Waals surface area contributed by atoms with Gasteiger partial charge in [-0.2, -0.15) is 0 Å². The lowest BCUT2D eigenvalue weighted by atomic mass is 9.79. The molecule has 5 heteroatoms. The maximum absolute atomic E-state index is 12.6. The summed E-state index contributed by atoms with van der Waals surface area (Å²) >= 11 is 0. The van der Waals surface area contributed by atoms with Crippen molar-refractivity contribution in [1.82, 2.24) is 4.98 Å². The van der Waals surface area contributed by atoms with Crippen LogP contribution in [0.25, 0.3) is 0 Å². The molecule has 0 aliphatic heterocycles. The number of unbranched alkanes of at least 4 members (excludes halogenated alkanes) is 1. The Labute approximate surface area is 145 Å². The molecule has 1 aliphatic carbocycles. The number of carbonyl (C=O) groups excluding carboxylic acids is 1. The molecule has 0 radical (unpaired) electrons. The van der Waals surface area contributed by atoms with Crippen LogP contribution in [0.2, 0.25) is 0 Å². The van der Waals surface area contributed by atoms with Gasteiger partial charge in [-0.3, -0.25) is 4.79 Å². The second kappa shape index (κ2) is 10.3. The molecule has 5 nitrogen and oxygen atoms in total. The number of anilines is 1. The minimum absolute atomic E-state index is 0.0912. The molecule has 134 valence electrons. The maximum Gasteiger partial charge on any atom is 0.237 e. The summed E-state index contributed by atoms with van der Waals surface area (Å²) in [5.74, 6) is 1.46. The van der Waals surface area contributed by atoms with Gasteiger partial charge in [-0.15, -0.1) is 0 Å². The van der Waals surface area contributed by atoms with Gasteiger partial charge in [-0.25, -0.2) is 4.98 Å². The molecule has 1 aromatic heterocycles. The maximum atomic E-state index is 12.6. The SMILES string of the molecule is CCCCC1CCC(C(=O)Nc2cccnc2OCCOC)CC1. The Kier molecular flexibility index (Phi) is 8.02. The van der Waals surface area contributed by atoms with Gasteiger partial charge in [-0.05, 0) is 43.7 Å². The number of methoxy groups -OCH3 is 1. The molecule has 1 heterocycles. The molecule has 1 aliphatic rings.